The summed E-state index contributed by atoms with van der Waals surface area (Å²) in [7, 11) is 1.89. The van der Waals surface area contributed by atoms with Gasteiger partial charge >= 0.3 is 6.18 Å². The van der Waals surface area contributed by atoms with Gasteiger partial charge < -0.3 is 9.47 Å². The average molecular weight is 500 g/mol. The zero-order chi connectivity index (χ0) is 25.1. The SMILES string of the molecule is CSCCOc1ccc(C(F)(F)F)cc1C(=O)N=c1cc(C(C)(C)C)n(C)n1C[C@H]1CCCO1. The molecule has 0 unspecified atom stereocenters. The van der Waals surface area contributed by atoms with E-state index in [4.69, 9.17) is 9.47 Å². The Balaban J connectivity index is 2.08. The molecule has 1 aliphatic rings. The highest BCUT2D eigenvalue weighted by Gasteiger charge is 2.32. The third-order valence-corrected chi connectivity index (χ3v) is 6.28. The molecule has 0 bridgehead atoms. The van der Waals surface area contributed by atoms with E-state index in [0.29, 0.717) is 24.4 Å². The fourth-order valence-corrected chi connectivity index (χ4v) is 4.21. The van der Waals surface area contributed by atoms with E-state index < -0.39 is 17.6 Å². The molecule has 1 atom stereocenters. The summed E-state index contributed by atoms with van der Waals surface area (Å²) in [5.41, 5.74) is -0.0378. The van der Waals surface area contributed by atoms with Crippen molar-refractivity contribution in [1.82, 2.24) is 9.36 Å². The molecule has 1 amide bonds. The maximum absolute atomic E-state index is 13.4. The van der Waals surface area contributed by atoms with Crippen LogP contribution >= 0.6 is 11.8 Å². The first kappa shape index (κ1) is 26.4. The van der Waals surface area contributed by atoms with E-state index in [0.717, 1.165) is 30.7 Å². The van der Waals surface area contributed by atoms with Gasteiger partial charge in [0.05, 0.1) is 30.4 Å². The molecular formula is C24H32F3N3O3S. The number of amides is 1. The molecule has 6 nitrogen and oxygen atoms in total. The molecule has 1 saturated heterocycles. The number of carbonyl (C=O) groups excluding carboxylic acids is 1. The number of benzene rings is 1. The minimum Gasteiger partial charge on any atom is -0.492 e. The third kappa shape index (κ3) is 6.27. The molecule has 0 spiro atoms. The summed E-state index contributed by atoms with van der Waals surface area (Å²) in [6.07, 6.45) is -0.828. The Labute approximate surface area is 202 Å². The fourth-order valence-electron chi connectivity index (χ4n) is 3.96. The van der Waals surface area contributed by atoms with E-state index in [2.05, 4.69) is 25.8 Å². The summed E-state index contributed by atoms with van der Waals surface area (Å²) in [4.78, 5) is 17.5. The molecular weight excluding hydrogens is 467 g/mol. The van der Waals surface area contributed by atoms with Gasteiger partial charge in [-0.05, 0) is 37.3 Å². The van der Waals surface area contributed by atoms with Crippen LogP contribution in [0.2, 0.25) is 0 Å². The smallest absolute Gasteiger partial charge is 0.416 e. The van der Waals surface area contributed by atoms with Crippen molar-refractivity contribution >= 4 is 17.7 Å². The average Bonchev–Trinajstić information content (AvgIpc) is 3.37. The lowest BCUT2D eigenvalue weighted by Gasteiger charge is -2.21. The van der Waals surface area contributed by atoms with E-state index in [1.165, 1.54) is 17.8 Å². The Bertz CT molecular complexity index is 1080. The molecule has 2 heterocycles. The molecule has 1 aliphatic heterocycles. The summed E-state index contributed by atoms with van der Waals surface area (Å²) in [6.45, 7) is 7.61. The van der Waals surface area contributed by atoms with Gasteiger partial charge in [-0.1, -0.05) is 20.8 Å². The zero-order valence-electron chi connectivity index (χ0n) is 20.2. The number of aromatic nitrogens is 2. The minimum absolute atomic E-state index is 0.00512. The summed E-state index contributed by atoms with van der Waals surface area (Å²) < 4.78 is 55.3. The maximum atomic E-state index is 13.4. The molecule has 3 rings (SSSR count). The van der Waals surface area contributed by atoms with Crippen LogP contribution in [0.3, 0.4) is 0 Å². The van der Waals surface area contributed by atoms with Crippen LogP contribution in [0.4, 0.5) is 13.2 Å². The number of alkyl halides is 3. The van der Waals surface area contributed by atoms with Crippen LogP contribution in [0, 0.1) is 0 Å². The van der Waals surface area contributed by atoms with Crippen molar-refractivity contribution in [3.8, 4) is 5.75 Å². The molecule has 1 aromatic carbocycles. The van der Waals surface area contributed by atoms with Gasteiger partial charge in [-0.3, -0.25) is 14.2 Å². The van der Waals surface area contributed by atoms with Gasteiger partial charge in [0, 0.05) is 36.6 Å². The fraction of sp³-hybridized carbons (Fsp3) is 0.583. The molecule has 10 heteroatoms. The van der Waals surface area contributed by atoms with Gasteiger partial charge in [-0.15, -0.1) is 0 Å². The van der Waals surface area contributed by atoms with Gasteiger partial charge in [-0.25, -0.2) is 0 Å². The summed E-state index contributed by atoms with van der Waals surface area (Å²) in [5, 5.41) is 0. The van der Waals surface area contributed by atoms with Crippen LogP contribution in [-0.4, -0.2) is 46.6 Å². The number of hydrogen-bond acceptors (Lipinski definition) is 4. The highest BCUT2D eigenvalue weighted by atomic mass is 32.2. The van der Waals surface area contributed by atoms with Crippen molar-refractivity contribution in [1.29, 1.82) is 0 Å². The van der Waals surface area contributed by atoms with Crippen molar-refractivity contribution in [2.75, 3.05) is 25.2 Å². The van der Waals surface area contributed by atoms with Crippen LogP contribution in [0.5, 0.6) is 5.75 Å². The Kier molecular flexibility index (Phi) is 8.23. The number of halogens is 3. The summed E-state index contributed by atoms with van der Waals surface area (Å²) in [6, 6.07) is 4.74. The minimum atomic E-state index is -4.58. The Morgan fingerprint density at radius 1 is 1.26 bits per heavy atom. The van der Waals surface area contributed by atoms with Crippen LogP contribution < -0.4 is 10.2 Å². The second-order valence-electron chi connectivity index (χ2n) is 9.35. The first-order valence-corrected chi connectivity index (χ1v) is 12.6. The van der Waals surface area contributed by atoms with Crippen molar-refractivity contribution in [2.24, 2.45) is 12.0 Å². The van der Waals surface area contributed by atoms with Gasteiger partial charge in [0.2, 0.25) is 0 Å². The van der Waals surface area contributed by atoms with Gasteiger partial charge in [0.1, 0.15) is 5.75 Å². The number of rotatable bonds is 7. The molecule has 0 radical (unpaired) electrons. The van der Waals surface area contributed by atoms with Crippen LogP contribution in [-0.2, 0) is 29.9 Å². The number of nitrogens with zero attached hydrogens (tertiary/aromatic N) is 3. The lowest BCUT2D eigenvalue weighted by Crippen LogP contribution is -2.30. The molecule has 34 heavy (non-hydrogen) atoms. The predicted molar refractivity (Wildman–Crippen MR) is 126 cm³/mol. The van der Waals surface area contributed by atoms with Gasteiger partial charge in [-0.2, -0.15) is 29.9 Å². The molecule has 2 aromatic rings. The number of thioether (sulfide) groups is 1. The predicted octanol–water partition coefficient (Wildman–Crippen LogP) is 4.80. The Morgan fingerprint density at radius 3 is 2.59 bits per heavy atom. The zero-order valence-corrected chi connectivity index (χ0v) is 21.1. The summed E-state index contributed by atoms with van der Waals surface area (Å²) in [5.74, 6) is -0.0493. The van der Waals surface area contributed by atoms with E-state index in [9.17, 15) is 18.0 Å². The van der Waals surface area contributed by atoms with Crippen molar-refractivity contribution in [3.63, 3.8) is 0 Å². The highest BCUT2D eigenvalue weighted by molar-refractivity contribution is 7.98. The molecule has 1 fully saturated rings. The lowest BCUT2D eigenvalue weighted by atomic mass is 9.92. The Morgan fingerprint density at radius 2 is 2.00 bits per heavy atom. The molecule has 188 valence electrons. The highest BCUT2D eigenvalue weighted by Crippen LogP contribution is 2.33. The number of ether oxygens (including phenoxy) is 2. The normalized spacial score (nSPS) is 17.4. The molecule has 0 N–H and O–H groups in total. The summed E-state index contributed by atoms with van der Waals surface area (Å²) >= 11 is 1.54. The van der Waals surface area contributed by atoms with Crippen molar-refractivity contribution in [2.45, 2.75) is 57.9 Å². The van der Waals surface area contributed by atoms with E-state index in [-0.39, 0.29) is 29.4 Å². The molecule has 1 aromatic heterocycles. The Hall–Kier alpha value is -2.20. The van der Waals surface area contributed by atoms with Crippen molar-refractivity contribution < 1.29 is 27.4 Å². The lowest BCUT2D eigenvalue weighted by molar-refractivity contribution is -0.137. The van der Waals surface area contributed by atoms with Crippen LogP contribution in [0.1, 0.15) is 55.2 Å². The van der Waals surface area contributed by atoms with Crippen molar-refractivity contribution in [3.05, 3.63) is 46.6 Å². The second-order valence-corrected chi connectivity index (χ2v) is 10.3. The standard InChI is InChI=1S/C24H32F3N3O3S/c1-23(2,3)20-14-21(30(29(20)4)15-17-7-6-10-32-17)28-22(31)18-13-16(24(25,26)27)8-9-19(18)33-11-12-34-5/h8-9,13-14,17H,6-7,10-12,15H2,1-5H3/t17-/m1/s1. The van der Waals surface area contributed by atoms with E-state index in [1.54, 1.807) is 0 Å². The molecule has 0 aliphatic carbocycles. The largest absolute Gasteiger partial charge is 0.492 e. The first-order valence-electron chi connectivity index (χ1n) is 11.2. The number of hydrogen-bond donors (Lipinski definition) is 0. The topological polar surface area (TPSA) is 57.8 Å². The van der Waals surface area contributed by atoms with E-state index >= 15 is 0 Å². The quantitative estimate of drug-likeness (QED) is 0.514. The van der Waals surface area contributed by atoms with Crippen LogP contribution in [0.15, 0.2) is 29.3 Å². The molecule has 0 saturated carbocycles. The van der Waals surface area contributed by atoms with E-state index in [1.807, 2.05) is 28.7 Å². The monoisotopic (exact) mass is 499 g/mol. The van der Waals surface area contributed by atoms with Gasteiger partial charge in [0.15, 0.2) is 5.49 Å². The van der Waals surface area contributed by atoms with Crippen LogP contribution in [0.25, 0.3) is 0 Å². The maximum Gasteiger partial charge on any atom is 0.416 e. The first-order chi connectivity index (χ1) is 15.9. The second kappa shape index (κ2) is 10.6. The third-order valence-electron chi connectivity index (χ3n) is 5.71. The van der Waals surface area contributed by atoms with Gasteiger partial charge in [0.25, 0.3) is 5.91 Å². The number of carbonyl (C=O) groups is 1.